The van der Waals surface area contributed by atoms with Crippen molar-refractivity contribution >= 4 is 17.5 Å². The van der Waals surface area contributed by atoms with Gasteiger partial charge in [-0.15, -0.1) is 0 Å². The van der Waals surface area contributed by atoms with Gasteiger partial charge in [0.2, 0.25) is 11.9 Å². The third-order valence-corrected chi connectivity index (χ3v) is 4.24. The molecule has 1 aromatic heterocycles. The summed E-state index contributed by atoms with van der Waals surface area (Å²) in [4.78, 5) is 24.7. The number of amides is 1. The van der Waals surface area contributed by atoms with Gasteiger partial charge in [0.15, 0.2) is 0 Å². The minimum absolute atomic E-state index is 0.161. The molecule has 1 amide bonds. The van der Waals surface area contributed by atoms with E-state index in [9.17, 15) is 4.79 Å². The van der Waals surface area contributed by atoms with Crippen LogP contribution in [0.15, 0.2) is 42.7 Å². The van der Waals surface area contributed by atoms with Gasteiger partial charge in [-0.2, -0.15) is 0 Å². The van der Waals surface area contributed by atoms with Gasteiger partial charge in [-0.1, -0.05) is 6.07 Å². The molecule has 7 heteroatoms. The Kier molecular flexibility index (Phi) is 5.66. The molecule has 1 N–H and O–H groups in total. The van der Waals surface area contributed by atoms with Crippen molar-refractivity contribution in [3.63, 3.8) is 0 Å². The summed E-state index contributed by atoms with van der Waals surface area (Å²) in [5.74, 6) is 1.57. The number of nitrogens with zero attached hydrogens (tertiary/aromatic N) is 4. The Labute approximate surface area is 147 Å². The van der Waals surface area contributed by atoms with Crippen LogP contribution in [0.25, 0.3) is 0 Å². The Hall–Kier alpha value is -2.83. The first-order valence-corrected chi connectivity index (χ1v) is 8.44. The number of nitrogens with one attached hydrogen (secondary N) is 1. The fourth-order valence-electron chi connectivity index (χ4n) is 2.85. The molecule has 1 fully saturated rings. The Bertz CT molecular complexity index is 687. The van der Waals surface area contributed by atoms with Crippen molar-refractivity contribution in [2.75, 3.05) is 50.1 Å². The van der Waals surface area contributed by atoms with Gasteiger partial charge in [0.05, 0.1) is 7.11 Å². The molecule has 0 spiro atoms. The molecule has 0 atom stereocenters. The molecule has 0 bridgehead atoms. The maximum atomic E-state index is 12.3. The maximum absolute atomic E-state index is 12.3. The lowest BCUT2D eigenvalue weighted by molar-refractivity contribution is -0.131. The molecule has 1 saturated heterocycles. The second-order valence-corrected chi connectivity index (χ2v) is 5.82. The van der Waals surface area contributed by atoms with E-state index in [1.54, 1.807) is 25.6 Å². The number of benzene rings is 1. The average molecular weight is 341 g/mol. The van der Waals surface area contributed by atoms with Gasteiger partial charge in [0.25, 0.3) is 0 Å². The predicted molar refractivity (Wildman–Crippen MR) is 96.9 cm³/mol. The lowest BCUT2D eigenvalue weighted by Crippen LogP contribution is -2.49. The van der Waals surface area contributed by atoms with Gasteiger partial charge in [-0.05, 0) is 18.2 Å². The largest absolute Gasteiger partial charge is 0.497 e. The zero-order chi connectivity index (χ0) is 17.5. The highest BCUT2D eigenvalue weighted by Gasteiger charge is 2.21. The quantitative estimate of drug-likeness (QED) is 0.861. The number of aromatic nitrogens is 2. The number of methoxy groups -OCH3 is 1. The topological polar surface area (TPSA) is 70.6 Å². The number of anilines is 2. The molecule has 0 saturated carbocycles. The molecular formula is C18H23N5O2. The number of hydrogen-bond acceptors (Lipinski definition) is 6. The summed E-state index contributed by atoms with van der Waals surface area (Å²) in [6.07, 6.45) is 3.79. The van der Waals surface area contributed by atoms with Crippen molar-refractivity contribution in [1.29, 1.82) is 0 Å². The number of rotatable bonds is 6. The summed E-state index contributed by atoms with van der Waals surface area (Å²) < 4.78 is 5.28. The van der Waals surface area contributed by atoms with Crippen LogP contribution in [0.3, 0.4) is 0 Å². The molecule has 0 aliphatic carbocycles. The van der Waals surface area contributed by atoms with E-state index < -0.39 is 0 Å². The minimum atomic E-state index is 0.161. The fraction of sp³-hybridized carbons (Fsp3) is 0.389. The molecule has 0 radical (unpaired) electrons. The summed E-state index contributed by atoms with van der Waals surface area (Å²) in [5, 5.41) is 3.07. The smallest absolute Gasteiger partial charge is 0.224 e. The second-order valence-electron chi connectivity index (χ2n) is 5.82. The number of piperazine rings is 1. The predicted octanol–water partition coefficient (Wildman–Crippen LogP) is 1.64. The Balaban J connectivity index is 1.44. The van der Waals surface area contributed by atoms with Crippen LogP contribution in [0.1, 0.15) is 6.42 Å². The highest BCUT2D eigenvalue weighted by atomic mass is 16.5. The maximum Gasteiger partial charge on any atom is 0.224 e. The molecular weight excluding hydrogens is 318 g/mol. The van der Waals surface area contributed by atoms with Gasteiger partial charge in [0, 0.05) is 63.3 Å². The zero-order valence-corrected chi connectivity index (χ0v) is 14.4. The van der Waals surface area contributed by atoms with E-state index in [4.69, 9.17) is 4.74 Å². The molecule has 1 aliphatic heterocycles. The first-order valence-electron chi connectivity index (χ1n) is 8.44. The first kappa shape index (κ1) is 17.0. The monoisotopic (exact) mass is 341 g/mol. The lowest BCUT2D eigenvalue weighted by Gasteiger charge is -2.36. The van der Waals surface area contributed by atoms with Gasteiger partial charge >= 0.3 is 0 Å². The van der Waals surface area contributed by atoms with Gasteiger partial charge in [0.1, 0.15) is 5.75 Å². The Morgan fingerprint density at radius 1 is 1.16 bits per heavy atom. The highest BCUT2D eigenvalue weighted by Crippen LogP contribution is 2.22. The van der Waals surface area contributed by atoms with E-state index in [-0.39, 0.29) is 5.91 Å². The Morgan fingerprint density at radius 3 is 2.64 bits per heavy atom. The first-order chi connectivity index (χ1) is 12.3. The molecule has 25 heavy (non-hydrogen) atoms. The average Bonchev–Trinajstić information content (AvgIpc) is 2.69. The third-order valence-electron chi connectivity index (χ3n) is 4.24. The van der Waals surface area contributed by atoms with Crippen LogP contribution in [0.2, 0.25) is 0 Å². The molecule has 0 unspecified atom stereocenters. The van der Waals surface area contributed by atoms with Crippen LogP contribution in [0.4, 0.5) is 11.6 Å². The summed E-state index contributed by atoms with van der Waals surface area (Å²) in [7, 11) is 1.67. The van der Waals surface area contributed by atoms with E-state index in [2.05, 4.69) is 26.3 Å². The number of ether oxygens (including phenoxy) is 1. The van der Waals surface area contributed by atoms with Gasteiger partial charge < -0.3 is 19.9 Å². The van der Waals surface area contributed by atoms with E-state index >= 15 is 0 Å². The van der Waals surface area contributed by atoms with E-state index in [1.165, 1.54) is 0 Å². The van der Waals surface area contributed by atoms with Crippen LogP contribution in [0, 0.1) is 0 Å². The van der Waals surface area contributed by atoms with Crippen molar-refractivity contribution in [1.82, 2.24) is 14.9 Å². The summed E-state index contributed by atoms with van der Waals surface area (Å²) in [6.45, 7) is 3.66. The lowest BCUT2D eigenvalue weighted by atomic mass is 10.2. The summed E-state index contributed by atoms with van der Waals surface area (Å²) in [6, 6.07) is 9.79. The van der Waals surface area contributed by atoms with Crippen molar-refractivity contribution in [2.45, 2.75) is 6.42 Å². The molecule has 2 aromatic rings. The molecule has 2 heterocycles. The standard InChI is InChI=1S/C18H23N5O2/c1-25-16-5-2-4-15(14-16)22-10-12-23(13-11-22)17(24)6-9-21-18-19-7-3-8-20-18/h2-5,7-8,14H,6,9-13H2,1H3,(H,19,20,21). The van der Waals surface area contributed by atoms with Crippen molar-refractivity contribution < 1.29 is 9.53 Å². The normalized spacial score (nSPS) is 14.3. The van der Waals surface area contributed by atoms with Crippen molar-refractivity contribution in [2.24, 2.45) is 0 Å². The SMILES string of the molecule is COc1cccc(N2CCN(C(=O)CCNc3ncccn3)CC2)c1. The van der Waals surface area contributed by atoms with E-state index in [0.717, 1.165) is 37.6 Å². The zero-order valence-electron chi connectivity index (χ0n) is 14.4. The van der Waals surface area contributed by atoms with Crippen molar-refractivity contribution in [3.8, 4) is 5.75 Å². The van der Waals surface area contributed by atoms with E-state index in [1.807, 2.05) is 23.1 Å². The second kappa shape index (κ2) is 8.32. The van der Waals surface area contributed by atoms with Crippen molar-refractivity contribution in [3.05, 3.63) is 42.7 Å². The van der Waals surface area contributed by atoms with E-state index in [0.29, 0.717) is 18.9 Å². The number of carbonyl (C=O) groups excluding carboxylic acids is 1. The Morgan fingerprint density at radius 2 is 1.92 bits per heavy atom. The van der Waals surface area contributed by atoms with Gasteiger partial charge in [-0.25, -0.2) is 9.97 Å². The number of carbonyl (C=O) groups is 1. The van der Waals surface area contributed by atoms with Crippen LogP contribution in [-0.4, -0.2) is 60.6 Å². The molecule has 1 aliphatic rings. The highest BCUT2D eigenvalue weighted by molar-refractivity contribution is 5.77. The van der Waals surface area contributed by atoms with Crippen LogP contribution >= 0.6 is 0 Å². The van der Waals surface area contributed by atoms with Crippen LogP contribution in [0.5, 0.6) is 5.75 Å². The van der Waals surface area contributed by atoms with Gasteiger partial charge in [-0.3, -0.25) is 4.79 Å². The fourth-order valence-corrected chi connectivity index (χ4v) is 2.85. The summed E-state index contributed by atoms with van der Waals surface area (Å²) in [5.41, 5.74) is 1.13. The van der Waals surface area contributed by atoms with Crippen LogP contribution < -0.4 is 15.0 Å². The molecule has 132 valence electrons. The molecule has 1 aromatic carbocycles. The van der Waals surface area contributed by atoms with Crippen LogP contribution in [-0.2, 0) is 4.79 Å². The molecule has 7 nitrogen and oxygen atoms in total. The number of hydrogen-bond donors (Lipinski definition) is 1. The summed E-state index contributed by atoms with van der Waals surface area (Å²) >= 11 is 0. The third kappa shape index (κ3) is 4.59. The minimum Gasteiger partial charge on any atom is -0.497 e. The molecule has 3 rings (SSSR count).